The van der Waals surface area contributed by atoms with Gasteiger partial charge in [0.05, 0.1) is 0 Å². The van der Waals surface area contributed by atoms with Crippen LogP contribution in [0.5, 0.6) is 0 Å². The van der Waals surface area contributed by atoms with E-state index in [0.717, 1.165) is 11.1 Å². The number of para-hydroxylation sites is 1. The van der Waals surface area contributed by atoms with Gasteiger partial charge >= 0.3 is 6.09 Å². The number of nitrogens with one attached hydrogen (secondary N) is 3. The Balaban J connectivity index is 1.83. The summed E-state index contributed by atoms with van der Waals surface area (Å²) in [6, 6.07) is 15.3. The van der Waals surface area contributed by atoms with E-state index < -0.39 is 11.7 Å². The molecule has 0 spiro atoms. The number of hydrogen-bond acceptors (Lipinski definition) is 4. The van der Waals surface area contributed by atoms with E-state index in [0.29, 0.717) is 18.5 Å². The summed E-state index contributed by atoms with van der Waals surface area (Å²) >= 11 is 0. The van der Waals surface area contributed by atoms with Crippen LogP contribution in [0.25, 0.3) is 0 Å². The molecule has 31 heavy (non-hydrogen) atoms. The summed E-state index contributed by atoms with van der Waals surface area (Å²) in [6.45, 7) is 7.31. The second-order valence-electron chi connectivity index (χ2n) is 8.26. The largest absolute Gasteiger partial charge is 0.444 e. The van der Waals surface area contributed by atoms with Gasteiger partial charge in [-0.3, -0.25) is 9.59 Å². The molecule has 0 radical (unpaired) electrons. The number of benzene rings is 2. The van der Waals surface area contributed by atoms with Gasteiger partial charge in [-0.15, -0.1) is 0 Å². The fourth-order valence-corrected chi connectivity index (χ4v) is 2.87. The molecule has 3 amide bonds. The van der Waals surface area contributed by atoms with Gasteiger partial charge in [0, 0.05) is 18.7 Å². The third-order valence-electron chi connectivity index (χ3n) is 4.44. The first-order chi connectivity index (χ1) is 14.6. The molecule has 0 bridgehead atoms. The van der Waals surface area contributed by atoms with Gasteiger partial charge in [0.2, 0.25) is 11.8 Å². The normalized spacial score (nSPS) is 10.8. The van der Waals surface area contributed by atoms with Crippen molar-refractivity contribution in [2.75, 3.05) is 11.9 Å². The standard InChI is InChI=1S/C24H31N3O4/c1-17-9-5-6-10-18(17)13-14-21(28)27-20-12-8-7-11-19(20)15-25-22(29)16-26-23(30)31-24(2,3)4/h5-12H,13-16H2,1-4H3,(H,25,29)(H,26,30)(H,27,28). The summed E-state index contributed by atoms with van der Waals surface area (Å²) in [6.07, 6.45) is 0.378. The van der Waals surface area contributed by atoms with Crippen molar-refractivity contribution in [2.45, 2.75) is 52.7 Å². The summed E-state index contributed by atoms with van der Waals surface area (Å²) in [4.78, 5) is 36.1. The molecule has 7 nitrogen and oxygen atoms in total. The molecule has 0 aliphatic rings. The molecular formula is C24H31N3O4. The smallest absolute Gasteiger partial charge is 0.408 e. The van der Waals surface area contributed by atoms with Crippen molar-refractivity contribution in [1.82, 2.24) is 10.6 Å². The maximum absolute atomic E-state index is 12.4. The molecule has 0 fully saturated rings. The SMILES string of the molecule is Cc1ccccc1CCC(=O)Nc1ccccc1CNC(=O)CNC(=O)OC(C)(C)C. The Labute approximate surface area is 183 Å². The van der Waals surface area contributed by atoms with Crippen molar-refractivity contribution in [3.63, 3.8) is 0 Å². The lowest BCUT2D eigenvalue weighted by Crippen LogP contribution is -2.39. The highest BCUT2D eigenvalue weighted by Crippen LogP contribution is 2.16. The van der Waals surface area contributed by atoms with E-state index in [1.54, 1.807) is 26.8 Å². The van der Waals surface area contributed by atoms with E-state index in [-0.39, 0.29) is 24.9 Å². The van der Waals surface area contributed by atoms with Crippen molar-refractivity contribution in [3.8, 4) is 0 Å². The molecule has 0 unspecified atom stereocenters. The average Bonchev–Trinajstić information content (AvgIpc) is 2.70. The molecule has 2 aromatic rings. The van der Waals surface area contributed by atoms with Crippen LogP contribution < -0.4 is 16.0 Å². The molecule has 2 aromatic carbocycles. The minimum atomic E-state index is -0.649. The van der Waals surface area contributed by atoms with Gasteiger partial charge in [-0.1, -0.05) is 42.5 Å². The van der Waals surface area contributed by atoms with Crippen LogP contribution in [0.1, 0.15) is 43.9 Å². The van der Waals surface area contributed by atoms with Crippen LogP contribution in [0.2, 0.25) is 0 Å². The van der Waals surface area contributed by atoms with Gasteiger partial charge in [0.25, 0.3) is 0 Å². The Morgan fingerprint density at radius 3 is 2.19 bits per heavy atom. The van der Waals surface area contributed by atoms with E-state index in [1.807, 2.05) is 49.4 Å². The predicted octanol–water partition coefficient (Wildman–Crippen LogP) is 3.71. The number of hydrogen-bond donors (Lipinski definition) is 3. The highest BCUT2D eigenvalue weighted by molar-refractivity contribution is 5.91. The van der Waals surface area contributed by atoms with Crippen molar-refractivity contribution in [2.24, 2.45) is 0 Å². The van der Waals surface area contributed by atoms with Gasteiger partial charge in [0.15, 0.2) is 0 Å². The summed E-state index contributed by atoms with van der Waals surface area (Å²) in [5, 5.41) is 8.07. The zero-order chi connectivity index (χ0) is 22.9. The fourth-order valence-electron chi connectivity index (χ4n) is 2.87. The molecule has 0 aliphatic carbocycles. The Hall–Kier alpha value is -3.35. The quantitative estimate of drug-likeness (QED) is 0.601. The van der Waals surface area contributed by atoms with Crippen molar-refractivity contribution >= 4 is 23.6 Å². The first-order valence-corrected chi connectivity index (χ1v) is 10.3. The van der Waals surface area contributed by atoms with Crippen LogP contribution in [0.15, 0.2) is 48.5 Å². The number of anilines is 1. The van der Waals surface area contributed by atoms with E-state index in [9.17, 15) is 14.4 Å². The molecule has 3 N–H and O–H groups in total. The van der Waals surface area contributed by atoms with Gasteiger partial charge in [0.1, 0.15) is 12.1 Å². The molecule has 0 saturated heterocycles. The summed E-state index contributed by atoms with van der Waals surface area (Å²) in [5.41, 5.74) is 3.11. The Morgan fingerprint density at radius 1 is 0.871 bits per heavy atom. The second kappa shape index (κ2) is 11.2. The lowest BCUT2D eigenvalue weighted by Gasteiger charge is -2.19. The van der Waals surface area contributed by atoms with Crippen LogP contribution >= 0.6 is 0 Å². The molecule has 0 saturated carbocycles. The highest BCUT2D eigenvalue weighted by atomic mass is 16.6. The van der Waals surface area contributed by atoms with Crippen LogP contribution in [0.4, 0.5) is 10.5 Å². The van der Waals surface area contributed by atoms with E-state index in [2.05, 4.69) is 16.0 Å². The zero-order valence-corrected chi connectivity index (χ0v) is 18.6. The third kappa shape index (κ3) is 8.90. The van der Waals surface area contributed by atoms with Gasteiger partial charge in [-0.25, -0.2) is 4.79 Å². The Kier molecular flexibility index (Phi) is 8.61. The Morgan fingerprint density at radius 2 is 1.52 bits per heavy atom. The van der Waals surface area contributed by atoms with Crippen molar-refractivity contribution in [3.05, 3.63) is 65.2 Å². The third-order valence-corrected chi connectivity index (χ3v) is 4.44. The minimum absolute atomic E-state index is 0.0892. The molecule has 0 atom stereocenters. The molecule has 0 aliphatic heterocycles. The van der Waals surface area contributed by atoms with Gasteiger partial charge < -0.3 is 20.7 Å². The number of carbonyl (C=O) groups is 3. The predicted molar refractivity (Wildman–Crippen MR) is 121 cm³/mol. The topological polar surface area (TPSA) is 96.5 Å². The zero-order valence-electron chi connectivity index (χ0n) is 18.6. The lowest BCUT2D eigenvalue weighted by molar-refractivity contribution is -0.120. The lowest BCUT2D eigenvalue weighted by atomic mass is 10.0. The van der Waals surface area contributed by atoms with Crippen LogP contribution in [0, 0.1) is 6.92 Å². The summed E-state index contributed by atoms with van der Waals surface area (Å²) in [7, 11) is 0. The second-order valence-corrected chi connectivity index (χ2v) is 8.26. The van der Waals surface area contributed by atoms with Crippen molar-refractivity contribution < 1.29 is 19.1 Å². The number of ether oxygens (including phenoxy) is 1. The molecule has 0 heterocycles. The number of alkyl carbamates (subject to hydrolysis) is 1. The number of carbonyl (C=O) groups excluding carboxylic acids is 3. The highest BCUT2D eigenvalue weighted by Gasteiger charge is 2.16. The van der Waals surface area contributed by atoms with E-state index >= 15 is 0 Å². The Bertz CT molecular complexity index is 919. The maximum atomic E-state index is 12.4. The molecule has 0 aromatic heterocycles. The van der Waals surface area contributed by atoms with Gasteiger partial charge in [-0.2, -0.15) is 0 Å². The minimum Gasteiger partial charge on any atom is -0.444 e. The maximum Gasteiger partial charge on any atom is 0.408 e. The van der Waals surface area contributed by atoms with Crippen LogP contribution in [-0.4, -0.2) is 30.1 Å². The van der Waals surface area contributed by atoms with Crippen LogP contribution in [-0.2, 0) is 27.3 Å². The molecular weight excluding hydrogens is 394 g/mol. The molecule has 2 rings (SSSR count). The van der Waals surface area contributed by atoms with Crippen molar-refractivity contribution in [1.29, 1.82) is 0 Å². The summed E-state index contributed by atoms with van der Waals surface area (Å²) in [5.74, 6) is -0.444. The first-order valence-electron chi connectivity index (χ1n) is 10.3. The number of rotatable bonds is 8. The number of amides is 3. The van der Waals surface area contributed by atoms with Crippen LogP contribution in [0.3, 0.4) is 0 Å². The summed E-state index contributed by atoms with van der Waals surface area (Å²) < 4.78 is 5.10. The molecule has 7 heteroatoms. The number of aryl methyl sites for hydroxylation is 2. The van der Waals surface area contributed by atoms with Gasteiger partial charge in [-0.05, 0) is 56.9 Å². The monoisotopic (exact) mass is 425 g/mol. The van der Waals surface area contributed by atoms with E-state index in [1.165, 1.54) is 5.56 Å². The fraction of sp³-hybridized carbons (Fsp3) is 0.375. The van der Waals surface area contributed by atoms with E-state index in [4.69, 9.17) is 4.74 Å². The average molecular weight is 426 g/mol. The molecule has 166 valence electrons. The first kappa shape index (κ1) is 23.9.